The Bertz CT molecular complexity index is 562. The van der Waals surface area contributed by atoms with Crippen LogP contribution in [0, 0.1) is 12.8 Å². The van der Waals surface area contributed by atoms with Gasteiger partial charge in [-0.25, -0.2) is 0 Å². The molecule has 0 bridgehead atoms. The van der Waals surface area contributed by atoms with E-state index in [1.807, 2.05) is 56.6 Å². The molecular formula is C19H25NO. The molecule has 0 unspecified atom stereocenters. The van der Waals surface area contributed by atoms with Crippen molar-refractivity contribution in [3.05, 3.63) is 71.3 Å². The van der Waals surface area contributed by atoms with Gasteiger partial charge < -0.3 is 10.0 Å². The Hall–Kier alpha value is -1.64. The summed E-state index contributed by atoms with van der Waals surface area (Å²) in [5.74, 6) is 0.0811. The van der Waals surface area contributed by atoms with E-state index < -0.39 is 5.60 Å². The van der Waals surface area contributed by atoms with Crippen molar-refractivity contribution >= 4 is 0 Å². The molecule has 0 aromatic heterocycles. The van der Waals surface area contributed by atoms with Gasteiger partial charge in [-0.1, -0.05) is 67.1 Å². The lowest BCUT2D eigenvalue weighted by atomic mass is 9.76. The van der Waals surface area contributed by atoms with Gasteiger partial charge in [0.2, 0.25) is 0 Å². The van der Waals surface area contributed by atoms with Crippen molar-refractivity contribution in [2.75, 3.05) is 20.6 Å². The van der Waals surface area contributed by atoms with Crippen LogP contribution in [0.25, 0.3) is 0 Å². The summed E-state index contributed by atoms with van der Waals surface area (Å²) in [7, 11) is 4.08. The van der Waals surface area contributed by atoms with Gasteiger partial charge in [-0.3, -0.25) is 0 Å². The largest absolute Gasteiger partial charge is 0.380 e. The minimum absolute atomic E-state index is 0.0811. The molecule has 0 saturated carbocycles. The molecule has 2 nitrogen and oxygen atoms in total. The zero-order valence-electron chi connectivity index (χ0n) is 13.4. The van der Waals surface area contributed by atoms with Crippen LogP contribution >= 0.6 is 0 Å². The summed E-state index contributed by atoms with van der Waals surface area (Å²) < 4.78 is 0. The van der Waals surface area contributed by atoms with Crippen molar-refractivity contribution in [1.82, 2.24) is 4.90 Å². The quantitative estimate of drug-likeness (QED) is 0.909. The molecule has 2 heteroatoms. The van der Waals surface area contributed by atoms with Gasteiger partial charge in [-0.15, -0.1) is 0 Å². The third kappa shape index (κ3) is 3.34. The third-order valence-corrected chi connectivity index (χ3v) is 4.06. The lowest BCUT2D eigenvalue weighted by molar-refractivity contribution is 0.0134. The molecule has 2 atom stereocenters. The number of aryl methyl sites for hydroxylation is 1. The van der Waals surface area contributed by atoms with Gasteiger partial charge >= 0.3 is 0 Å². The molecule has 1 N–H and O–H groups in total. The fourth-order valence-corrected chi connectivity index (χ4v) is 2.92. The van der Waals surface area contributed by atoms with Crippen LogP contribution in [-0.4, -0.2) is 30.6 Å². The Balaban J connectivity index is 2.50. The average Bonchev–Trinajstić information content (AvgIpc) is 2.47. The molecule has 21 heavy (non-hydrogen) atoms. The summed E-state index contributed by atoms with van der Waals surface area (Å²) in [5, 5.41) is 11.5. The predicted octanol–water partition coefficient (Wildman–Crippen LogP) is 3.43. The molecule has 0 amide bonds. The number of hydrogen-bond acceptors (Lipinski definition) is 2. The highest BCUT2D eigenvalue weighted by atomic mass is 16.3. The molecule has 2 aromatic rings. The molecule has 0 spiro atoms. The number of benzene rings is 2. The fraction of sp³-hybridized carbons (Fsp3) is 0.368. The van der Waals surface area contributed by atoms with Crippen LogP contribution in [0.1, 0.15) is 23.6 Å². The summed E-state index contributed by atoms with van der Waals surface area (Å²) in [4.78, 5) is 2.12. The molecule has 0 saturated heterocycles. The van der Waals surface area contributed by atoms with Gasteiger partial charge in [0.05, 0.1) is 0 Å². The first kappa shape index (κ1) is 15.7. The second-order valence-corrected chi connectivity index (χ2v) is 6.16. The van der Waals surface area contributed by atoms with E-state index in [0.717, 1.165) is 17.7 Å². The van der Waals surface area contributed by atoms with E-state index >= 15 is 0 Å². The van der Waals surface area contributed by atoms with Crippen LogP contribution in [0.15, 0.2) is 54.6 Å². The van der Waals surface area contributed by atoms with Gasteiger partial charge in [-0.05, 0) is 32.1 Å². The standard InChI is InChI=1S/C19H25NO/c1-15-10-12-18(13-11-15)19(21,16(2)14-20(3)4)17-8-6-5-7-9-17/h5-13,16,21H,14H2,1-4H3/t16-,19-/m0/s1. The highest BCUT2D eigenvalue weighted by Gasteiger charge is 2.37. The molecule has 0 aliphatic carbocycles. The van der Waals surface area contributed by atoms with Crippen molar-refractivity contribution in [2.45, 2.75) is 19.4 Å². The Morgan fingerprint density at radius 2 is 1.48 bits per heavy atom. The predicted molar refractivity (Wildman–Crippen MR) is 88.3 cm³/mol. The smallest absolute Gasteiger partial charge is 0.118 e. The monoisotopic (exact) mass is 283 g/mol. The number of aliphatic hydroxyl groups is 1. The van der Waals surface area contributed by atoms with E-state index in [0.29, 0.717) is 0 Å². The first-order valence-corrected chi connectivity index (χ1v) is 7.44. The zero-order valence-corrected chi connectivity index (χ0v) is 13.4. The molecule has 0 aliphatic rings. The first-order chi connectivity index (χ1) is 9.94. The van der Waals surface area contributed by atoms with Gasteiger partial charge in [0, 0.05) is 12.5 Å². The zero-order chi connectivity index (χ0) is 15.5. The highest BCUT2D eigenvalue weighted by molar-refractivity contribution is 5.38. The molecule has 0 fully saturated rings. The number of rotatable bonds is 5. The van der Waals surface area contributed by atoms with Crippen LogP contribution in [0.2, 0.25) is 0 Å². The molecule has 2 aromatic carbocycles. The lowest BCUT2D eigenvalue weighted by Crippen LogP contribution is -2.40. The summed E-state index contributed by atoms with van der Waals surface area (Å²) in [6.07, 6.45) is 0. The molecular weight excluding hydrogens is 258 g/mol. The lowest BCUT2D eigenvalue weighted by Gasteiger charge is -2.37. The van der Waals surface area contributed by atoms with E-state index in [1.54, 1.807) is 0 Å². The van der Waals surface area contributed by atoms with Crippen molar-refractivity contribution < 1.29 is 5.11 Å². The average molecular weight is 283 g/mol. The maximum Gasteiger partial charge on any atom is 0.118 e. The van der Waals surface area contributed by atoms with Crippen molar-refractivity contribution in [3.63, 3.8) is 0 Å². The normalized spacial score (nSPS) is 15.7. The van der Waals surface area contributed by atoms with E-state index in [2.05, 4.69) is 30.9 Å². The highest BCUT2D eigenvalue weighted by Crippen LogP contribution is 2.37. The molecule has 0 radical (unpaired) electrons. The van der Waals surface area contributed by atoms with Gasteiger partial charge in [0.1, 0.15) is 5.60 Å². The van der Waals surface area contributed by atoms with Crippen LogP contribution in [0.4, 0.5) is 0 Å². The maximum atomic E-state index is 11.5. The Labute approximate surface area is 128 Å². The van der Waals surface area contributed by atoms with Crippen molar-refractivity contribution in [2.24, 2.45) is 5.92 Å². The molecule has 2 rings (SSSR count). The Kier molecular flexibility index (Phi) is 4.81. The summed E-state index contributed by atoms with van der Waals surface area (Å²) in [5.41, 5.74) is 2.13. The summed E-state index contributed by atoms with van der Waals surface area (Å²) in [6, 6.07) is 18.2. The fourth-order valence-electron chi connectivity index (χ4n) is 2.92. The number of nitrogens with zero attached hydrogens (tertiary/aromatic N) is 1. The summed E-state index contributed by atoms with van der Waals surface area (Å²) >= 11 is 0. The van der Waals surface area contributed by atoms with Gasteiger partial charge in [0.25, 0.3) is 0 Å². The topological polar surface area (TPSA) is 23.5 Å². The number of hydrogen-bond donors (Lipinski definition) is 1. The van der Waals surface area contributed by atoms with E-state index in [4.69, 9.17) is 0 Å². The SMILES string of the molecule is Cc1ccc([C@@](O)(c2ccccc2)[C@@H](C)CN(C)C)cc1. The molecule has 0 heterocycles. The van der Waals surface area contributed by atoms with Crippen molar-refractivity contribution in [1.29, 1.82) is 0 Å². The van der Waals surface area contributed by atoms with E-state index in [-0.39, 0.29) is 5.92 Å². The van der Waals surface area contributed by atoms with Crippen LogP contribution in [-0.2, 0) is 5.60 Å². The Morgan fingerprint density at radius 3 is 2.00 bits per heavy atom. The molecule has 0 aliphatic heterocycles. The maximum absolute atomic E-state index is 11.5. The van der Waals surface area contributed by atoms with Crippen LogP contribution in [0.5, 0.6) is 0 Å². The van der Waals surface area contributed by atoms with Crippen LogP contribution < -0.4 is 0 Å². The Morgan fingerprint density at radius 1 is 0.952 bits per heavy atom. The first-order valence-electron chi connectivity index (χ1n) is 7.44. The second kappa shape index (κ2) is 6.42. The minimum atomic E-state index is -0.973. The third-order valence-electron chi connectivity index (χ3n) is 4.06. The van der Waals surface area contributed by atoms with Crippen molar-refractivity contribution in [3.8, 4) is 0 Å². The minimum Gasteiger partial charge on any atom is -0.380 e. The molecule has 112 valence electrons. The van der Waals surface area contributed by atoms with Crippen LogP contribution in [0.3, 0.4) is 0 Å². The second-order valence-electron chi connectivity index (χ2n) is 6.16. The van der Waals surface area contributed by atoms with Gasteiger partial charge in [-0.2, -0.15) is 0 Å². The van der Waals surface area contributed by atoms with E-state index in [9.17, 15) is 5.11 Å². The van der Waals surface area contributed by atoms with E-state index in [1.165, 1.54) is 5.56 Å². The van der Waals surface area contributed by atoms with Gasteiger partial charge in [0.15, 0.2) is 0 Å². The summed E-state index contributed by atoms with van der Waals surface area (Å²) in [6.45, 7) is 4.99.